The standard InChI is InChI=1S/C13H24N2O3.ClH/c1-4-11-8-15(7-9(2)18-11)13(16)12-10(3)17-6-5-14-12;/h9-12,14H,4-8H2,1-3H3;1H/t9?,10-,11?,12+;/m1./s1. The molecule has 0 aromatic carbocycles. The van der Waals surface area contributed by atoms with Crippen LogP contribution in [0.25, 0.3) is 0 Å². The molecule has 0 aromatic heterocycles. The molecular weight excluding hydrogens is 268 g/mol. The molecule has 2 heterocycles. The smallest absolute Gasteiger partial charge is 0.242 e. The van der Waals surface area contributed by atoms with E-state index in [-0.39, 0.29) is 42.7 Å². The van der Waals surface area contributed by atoms with Crippen LogP contribution in [-0.2, 0) is 14.3 Å². The van der Waals surface area contributed by atoms with E-state index >= 15 is 0 Å². The Morgan fingerprint density at radius 3 is 2.74 bits per heavy atom. The summed E-state index contributed by atoms with van der Waals surface area (Å²) < 4.78 is 11.3. The van der Waals surface area contributed by atoms with Crippen LogP contribution >= 0.6 is 12.4 Å². The lowest BCUT2D eigenvalue weighted by Gasteiger charge is -2.40. The minimum Gasteiger partial charge on any atom is -0.375 e. The van der Waals surface area contributed by atoms with Gasteiger partial charge in [0.15, 0.2) is 0 Å². The number of ether oxygens (including phenoxy) is 2. The number of morpholine rings is 2. The predicted molar refractivity (Wildman–Crippen MR) is 75.7 cm³/mol. The SMILES string of the molecule is CCC1CN(C(=O)[C@H]2NCCO[C@@H]2C)CC(C)O1.Cl. The summed E-state index contributed by atoms with van der Waals surface area (Å²) in [6, 6.07) is -0.207. The van der Waals surface area contributed by atoms with Crippen LogP contribution in [0.2, 0.25) is 0 Å². The minimum absolute atomic E-state index is 0. The van der Waals surface area contributed by atoms with Crippen LogP contribution in [0.5, 0.6) is 0 Å². The summed E-state index contributed by atoms with van der Waals surface area (Å²) in [6.45, 7) is 8.88. The Labute approximate surface area is 121 Å². The summed E-state index contributed by atoms with van der Waals surface area (Å²) in [6.07, 6.45) is 1.17. The Bertz CT molecular complexity index is 304. The van der Waals surface area contributed by atoms with E-state index in [9.17, 15) is 4.79 Å². The number of amides is 1. The van der Waals surface area contributed by atoms with Crippen molar-refractivity contribution in [1.82, 2.24) is 10.2 Å². The maximum Gasteiger partial charge on any atom is 0.242 e. The maximum atomic E-state index is 12.5. The van der Waals surface area contributed by atoms with Crippen molar-refractivity contribution in [1.29, 1.82) is 0 Å². The van der Waals surface area contributed by atoms with Crippen LogP contribution in [0.1, 0.15) is 27.2 Å². The lowest BCUT2D eigenvalue weighted by atomic mass is 10.1. The second-order valence-electron chi connectivity index (χ2n) is 5.23. The summed E-state index contributed by atoms with van der Waals surface area (Å²) in [5.41, 5.74) is 0. The van der Waals surface area contributed by atoms with Crippen molar-refractivity contribution in [3.63, 3.8) is 0 Å². The van der Waals surface area contributed by atoms with E-state index in [0.29, 0.717) is 19.7 Å². The zero-order valence-electron chi connectivity index (χ0n) is 11.9. The second kappa shape index (κ2) is 7.43. The molecule has 2 rings (SSSR count). The number of carbonyl (C=O) groups is 1. The third-order valence-electron chi connectivity index (χ3n) is 3.68. The molecule has 6 heteroatoms. The van der Waals surface area contributed by atoms with E-state index in [4.69, 9.17) is 9.47 Å². The van der Waals surface area contributed by atoms with Gasteiger partial charge in [0.2, 0.25) is 5.91 Å². The first-order valence-corrected chi connectivity index (χ1v) is 6.91. The first-order valence-electron chi connectivity index (χ1n) is 6.91. The number of nitrogens with one attached hydrogen (secondary N) is 1. The zero-order valence-corrected chi connectivity index (χ0v) is 12.7. The first-order chi connectivity index (χ1) is 8.61. The van der Waals surface area contributed by atoms with Crippen molar-refractivity contribution in [2.45, 2.75) is 51.5 Å². The van der Waals surface area contributed by atoms with Crippen LogP contribution < -0.4 is 5.32 Å². The Balaban J connectivity index is 0.00000180. The van der Waals surface area contributed by atoms with Gasteiger partial charge in [-0.2, -0.15) is 0 Å². The highest BCUT2D eigenvalue weighted by Crippen LogP contribution is 2.16. The monoisotopic (exact) mass is 292 g/mol. The van der Waals surface area contributed by atoms with Gasteiger partial charge in [-0.05, 0) is 20.3 Å². The molecule has 2 fully saturated rings. The number of halogens is 1. The maximum absolute atomic E-state index is 12.5. The molecule has 19 heavy (non-hydrogen) atoms. The molecule has 0 aliphatic carbocycles. The molecule has 2 aliphatic rings. The average Bonchev–Trinajstić information content (AvgIpc) is 2.37. The lowest BCUT2D eigenvalue weighted by Crippen LogP contribution is -2.60. The molecule has 4 atom stereocenters. The van der Waals surface area contributed by atoms with Gasteiger partial charge in [-0.1, -0.05) is 6.92 Å². The van der Waals surface area contributed by atoms with Crippen LogP contribution in [0.3, 0.4) is 0 Å². The van der Waals surface area contributed by atoms with Gasteiger partial charge in [-0.25, -0.2) is 0 Å². The molecule has 2 aliphatic heterocycles. The molecule has 0 bridgehead atoms. The van der Waals surface area contributed by atoms with Crippen molar-refractivity contribution >= 4 is 18.3 Å². The van der Waals surface area contributed by atoms with Gasteiger partial charge in [-0.3, -0.25) is 4.79 Å². The van der Waals surface area contributed by atoms with Gasteiger partial charge in [-0.15, -0.1) is 12.4 Å². The second-order valence-corrected chi connectivity index (χ2v) is 5.23. The number of carbonyl (C=O) groups excluding carboxylic acids is 1. The van der Waals surface area contributed by atoms with E-state index in [1.807, 2.05) is 18.7 Å². The number of hydrogen-bond acceptors (Lipinski definition) is 4. The van der Waals surface area contributed by atoms with Crippen LogP contribution in [-0.4, -0.2) is 61.4 Å². The lowest BCUT2D eigenvalue weighted by molar-refractivity contribution is -0.152. The highest BCUT2D eigenvalue weighted by atomic mass is 35.5. The molecule has 2 unspecified atom stereocenters. The molecule has 2 saturated heterocycles. The molecule has 5 nitrogen and oxygen atoms in total. The van der Waals surface area contributed by atoms with Crippen molar-refractivity contribution in [2.75, 3.05) is 26.2 Å². The van der Waals surface area contributed by atoms with Gasteiger partial charge in [0.05, 0.1) is 24.9 Å². The number of hydrogen-bond donors (Lipinski definition) is 1. The molecule has 0 spiro atoms. The molecular formula is C13H25ClN2O3. The fourth-order valence-corrected chi connectivity index (χ4v) is 2.66. The number of rotatable bonds is 2. The van der Waals surface area contributed by atoms with Crippen molar-refractivity contribution in [2.24, 2.45) is 0 Å². The van der Waals surface area contributed by atoms with Crippen molar-refractivity contribution in [3.05, 3.63) is 0 Å². The van der Waals surface area contributed by atoms with E-state index in [1.54, 1.807) is 0 Å². The van der Waals surface area contributed by atoms with E-state index in [0.717, 1.165) is 13.0 Å². The predicted octanol–water partition coefficient (Wildman–Crippen LogP) is 0.811. The molecule has 0 aromatic rings. The normalized spacial score (nSPS) is 35.6. The van der Waals surface area contributed by atoms with Crippen LogP contribution in [0.15, 0.2) is 0 Å². The van der Waals surface area contributed by atoms with Gasteiger partial charge in [0.1, 0.15) is 6.04 Å². The quantitative estimate of drug-likeness (QED) is 0.818. The molecule has 1 N–H and O–H groups in total. The summed E-state index contributed by atoms with van der Waals surface area (Å²) >= 11 is 0. The van der Waals surface area contributed by atoms with Crippen LogP contribution in [0, 0.1) is 0 Å². The third-order valence-corrected chi connectivity index (χ3v) is 3.68. The first kappa shape index (κ1) is 16.7. The largest absolute Gasteiger partial charge is 0.375 e. The average molecular weight is 293 g/mol. The highest BCUT2D eigenvalue weighted by molar-refractivity contribution is 5.85. The molecule has 112 valence electrons. The Hall–Kier alpha value is -0.360. The van der Waals surface area contributed by atoms with Crippen molar-refractivity contribution < 1.29 is 14.3 Å². The Kier molecular flexibility index (Phi) is 6.53. The minimum atomic E-state index is -0.207. The summed E-state index contributed by atoms with van der Waals surface area (Å²) in [5.74, 6) is 0.149. The fourth-order valence-electron chi connectivity index (χ4n) is 2.66. The Morgan fingerprint density at radius 1 is 1.37 bits per heavy atom. The zero-order chi connectivity index (χ0) is 13.1. The van der Waals surface area contributed by atoms with Crippen molar-refractivity contribution in [3.8, 4) is 0 Å². The van der Waals surface area contributed by atoms with Gasteiger partial charge in [0.25, 0.3) is 0 Å². The van der Waals surface area contributed by atoms with Gasteiger partial charge in [0, 0.05) is 19.6 Å². The third kappa shape index (κ3) is 4.05. The highest BCUT2D eigenvalue weighted by Gasteiger charge is 2.35. The van der Waals surface area contributed by atoms with E-state index in [2.05, 4.69) is 12.2 Å². The van der Waals surface area contributed by atoms with Crippen LogP contribution in [0.4, 0.5) is 0 Å². The summed E-state index contributed by atoms with van der Waals surface area (Å²) in [7, 11) is 0. The Morgan fingerprint density at radius 2 is 2.11 bits per heavy atom. The molecule has 0 saturated carbocycles. The van der Waals surface area contributed by atoms with Gasteiger partial charge < -0.3 is 19.7 Å². The van der Waals surface area contributed by atoms with E-state index < -0.39 is 0 Å². The number of nitrogens with zero attached hydrogens (tertiary/aromatic N) is 1. The van der Waals surface area contributed by atoms with E-state index in [1.165, 1.54) is 0 Å². The fraction of sp³-hybridized carbons (Fsp3) is 0.923. The topological polar surface area (TPSA) is 50.8 Å². The summed E-state index contributed by atoms with van der Waals surface area (Å²) in [4.78, 5) is 14.4. The summed E-state index contributed by atoms with van der Waals surface area (Å²) in [5, 5.41) is 3.26. The molecule has 0 radical (unpaired) electrons. The van der Waals surface area contributed by atoms with Gasteiger partial charge >= 0.3 is 0 Å². The molecule has 1 amide bonds.